The Morgan fingerprint density at radius 3 is 2.86 bits per heavy atom. The summed E-state index contributed by atoms with van der Waals surface area (Å²) in [5.74, 6) is 0.710. The number of anilines is 1. The Balaban J connectivity index is 1.92. The first-order valence-electron chi connectivity index (χ1n) is 4.79. The van der Waals surface area contributed by atoms with E-state index >= 15 is 0 Å². The number of piperidine rings is 1. The van der Waals surface area contributed by atoms with Crippen LogP contribution in [0.2, 0.25) is 0 Å². The Labute approximate surface area is 91.7 Å². The Morgan fingerprint density at radius 1 is 1.43 bits per heavy atom. The molecule has 1 atom stereocenters. The molecule has 2 heterocycles. The van der Waals surface area contributed by atoms with Gasteiger partial charge < -0.3 is 10.6 Å². The third kappa shape index (κ3) is 2.65. The maximum Gasteiger partial charge on any atom is 0.222 e. The standard InChI is InChI=1S/C9H13BrN4/c10-7-4-12-9(13-5-7)14-8-2-1-3-11-6-8/h4-5,8,11H,1-3,6H2,(H,12,13,14)/t8-/m1/s1. The van der Waals surface area contributed by atoms with Gasteiger partial charge in [-0.3, -0.25) is 0 Å². The van der Waals surface area contributed by atoms with Crippen molar-refractivity contribution < 1.29 is 0 Å². The first-order chi connectivity index (χ1) is 6.84. The van der Waals surface area contributed by atoms with Gasteiger partial charge in [-0.2, -0.15) is 0 Å². The first kappa shape index (κ1) is 9.86. The van der Waals surface area contributed by atoms with Gasteiger partial charge in [-0.25, -0.2) is 9.97 Å². The highest BCUT2D eigenvalue weighted by Crippen LogP contribution is 2.10. The molecule has 1 aliphatic rings. The molecule has 0 aliphatic carbocycles. The maximum absolute atomic E-state index is 4.18. The van der Waals surface area contributed by atoms with Crippen LogP contribution in [0.1, 0.15) is 12.8 Å². The molecule has 1 aromatic rings. The zero-order chi connectivity index (χ0) is 9.80. The lowest BCUT2D eigenvalue weighted by Gasteiger charge is -2.23. The number of hydrogen-bond donors (Lipinski definition) is 2. The van der Waals surface area contributed by atoms with Crippen molar-refractivity contribution in [1.29, 1.82) is 0 Å². The molecule has 76 valence electrons. The van der Waals surface area contributed by atoms with Crippen molar-refractivity contribution in [2.24, 2.45) is 0 Å². The molecule has 1 aromatic heterocycles. The molecule has 1 aliphatic heterocycles. The molecule has 1 saturated heterocycles. The van der Waals surface area contributed by atoms with Crippen LogP contribution in [0.25, 0.3) is 0 Å². The summed E-state index contributed by atoms with van der Waals surface area (Å²) < 4.78 is 0.907. The minimum absolute atomic E-state index is 0.463. The quantitative estimate of drug-likeness (QED) is 0.840. The van der Waals surface area contributed by atoms with Crippen molar-refractivity contribution in [2.45, 2.75) is 18.9 Å². The van der Waals surface area contributed by atoms with E-state index < -0.39 is 0 Å². The molecule has 0 radical (unpaired) electrons. The van der Waals surface area contributed by atoms with E-state index in [-0.39, 0.29) is 0 Å². The summed E-state index contributed by atoms with van der Waals surface area (Å²) in [4.78, 5) is 8.35. The van der Waals surface area contributed by atoms with Gasteiger partial charge in [-0.05, 0) is 35.3 Å². The Morgan fingerprint density at radius 2 is 2.21 bits per heavy atom. The van der Waals surface area contributed by atoms with Crippen LogP contribution in [0.5, 0.6) is 0 Å². The minimum atomic E-state index is 0.463. The van der Waals surface area contributed by atoms with Gasteiger partial charge in [0, 0.05) is 25.0 Å². The average Bonchev–Trinajstić information content (AvgIpc) is 2.23. The van der Waals surface area contributed by atoms with E-state index in [0.29, 0.717) is 12.0 Å². The van der Waals surface area contributed by atoms with Crippen LogP contribution < -0.4 is 10.6 Å². The van der Waals surface area contributed by atoms with Crippen LogP contribution >= 0.6 is 15.9 Å². The Bertz CT molecular complexity index is 281. The summed E-state index contributed by atoms with van der Waals surface area (Å²) >= 11 is 3.31. The second kappa shape index (κ2) is 4.70. The summed E-state index contributed by atoms with van der Waals surface area (Å²) in [5.41, 5.74) is 0. The fourth-order valence-corrected chi connectivity index (χ4v) is 1.75. The molecule has 4 nitrogen and oxygen atoms in total. The van der Waals surface area contributed by atoms with E-state index in [4.69, 9.17) is 0 Å². The zero-order valence-corrected chi connectivity index (χ0v) is 9.42. The topological polar surface area (TPSA) is 49.8 Å². The van der Waals surface area contributed by atoms with E-state index in [9.17, 15) is 0 Å². The number of rotatable bonds is 2. The molecule has 1 fully saturated rings. The third-order valence-electron chi connectivity index (χ3n) is 2.25. The molecule has 0 aromatic carbocycles. The first-order valence-corrected chi connectivity index (χ1v) is 5.59. The summed E-state index contributed by atoms with van der Waals surface area (Å²) in [6, 6.07) is 0.463. The molecule has 0 amide bonds. The molecule has 2 N–H and O–H groups in total. The molecule has 0 bridgehead atoms. The molecule has 0 unspecified atom stereocenters. The number of halogens is 1. The van der Waals surface area contributed by atoms with E-state index in [2.05, 4.69) is 36.5 Å². The highest BCUT2D eigenvalue weighted by Gasteiger charge is 2.12. The molecule has 0 saturated carbocycles. The van der Waals surface area contributed by atoms with Crippen molar-refractivity contribution >= 4 is 21.9 Å². The summed E-state index contributed by atoms with van der Waals surface area (Å²) in [7, 11) is 0. The molecular weight excluding hydrogens is 244 g/mol. The van der Waals surface area contributed by atoms with Gasteiger partial charge in [0.05, 0.1) is 4.47 Å². The number of nitrogens with one attached hydrogen (secondary N) is 2. The zero-order valence-electron chi connectivity index (χ0n) is 7.83. The molecular formula is C9H13BrN4. The van der Waals surface area contributed by atoms with Gasteiger partial charge in [0.15, 0.2) is 0 Å². The number of hydrogen-bond acceptors (Lipinski definition) is 4. The largest absolute Gasteiger partial charge is 0.350 e. The highest BCUT2D eigenvalue weighted by molar-refractivity contribution is 9.10. The Kier molecular flexibility index (Phi) is 3.31. The predicted octanol–water partition coefficient (Wildman–Crippen LogP) is 1.40. The summed E-state index contributed by atoms with van der Waals surface area (Å²) in [6.07, 6.45) is 5.91. The Hall–Kier alpha value is -0.680. The van der Waals surface area contributed by atoms with Crippen molar-refractivity contribution in [3.05, 3.63) is 16.9 Å². The van der Waals surface area contributed by atoms with Crippen LogP contribution in [0.15, 0.2) is 16.9 Å². The van der Waals surface area contributed by atoms with Crippen LogP contribution in [0, 0.1) is 0 Å². The van der Waals surface area contributed by atoms with Crippen molar-refractivity contribution in [2.75, 3.05) is 18.4 Å². The second-order valence-electron chi connectivity index (χ2n) is 3.41. The van der Waals surface area contributed by atoms with E-state index in [0.717, 1.165) is 17.6 Å². The SMILES string of the molecule is Brc1cnc(N[C@@H]2CCCNC2)nc1. The lowest BCUT2D eigenvalue weighted by molar-refractivity contribution is 0.478. The van der Waals surface area contributed by atoms with Crippen molar-refractivity contribution in [3.8, 4) is 0 Å². The highest BCUT2D eigenvalue weighted by atomic mass is 79.9. The van der Waals surface area contributed by atoms with Gasteiger partial charge in [-0.1, -0.05) is 0 Å². The lowest BCUT2D eigenvalue weighted by atomic mass is 10.1. The fraction of sp³-hybridized carbons (Fsp3) is 0.556. The van der Waals surface area contributed by atoms with Gasteiger partial charge in [0.1, 0.15) is 0 Å². The predicted molar refractivity (Wildman–Crippen MR) is 59.2 cm³/mol. The lowest BCUT2D eigenvalue weighted by Crippen LogP contribution is -2.38. The van der Waals surface area contributed by atoms with Crippen LogP contribution in [0.3, 0.4) is 0 Å². The molecule has 2 rings (SSSR count). The third-order valence-corrected chi connectivity index (χ3v) is 2.66. The second-order valence-corrected chi connectivity index (χ2v) is 4.33. The van der Waals surface area contributed by atoms with Crippen LogP contribution in [0.4, 0.5) is 5.95 Å². The van der Waals surface area contributed by atoms with Gasteiger partial charge >= 0.3 is 0 Å². The average molecular weight is 257 g/mol. The number of nitrogens with zero attached hydrogens (tertiary/aromatic N) is 2. The molecule has 0 spiro atoms. The number of aromatic nitrogens is 2. The van der Waals surface area contributed by atoms with Gasteiger partial charge in [-0.15, -0.1) is 0 Å². The van der Waals surface area contributed by atoms with Crippen LogP contribution in [-0.4, -0.2) is 29.1 Å². The van der Waals surface area contributed by atoms with E-state index in [1.807, 2.05) is 0 Å². The smallest absolute Gasteiger partial charge is 0.222 e. The van der Waals surface area contributed by atoms with Gasteiger partial charge in [0.25, 0.3) is 0 Å². The van der Waals surface area contributed by atoms with Gasteiger partial charge in [0.2, 0.25) is 5.95 Å². The monoisotopic (exact) mass is 256 g/mol. The minimum Gasteiger partial charge on any atom is -0.350 e. The van der Waals surface area contributed by atoms with Crippen molar-refractivity contribution in [1.82, 2.24) is 15.3 Å². The normalized spacial score (nSPS) is 21.9. The molecule has 14 heavy (non-hydrogen) atoms. The van der Waals surface area contributed by atoms with E-state index in [1.165, 1.54) is 12.8 Å². The molecule has 5 heteroatoms. The van der Waals surface area contributed by atoms with Crippen LogP contribution in [-0.2, 0) is 0 Å². The summed E-state index contributed by atoms with van der Waals surface area (Å²) in [5, 5.41) is 6.64. The van der Waals surface area contributed by atoms with E-state index in [1.54, 1.807) is 12.4 Å². The summed E-state index contributed by atoms with van der Waals surface area (Å²) in [6.45, 7) is 2.12. The van der Waals surface area contributed by atoms with Crippen molar-refractivity contribution in [3.63, 3.8) is 0 Å². The maximum atomic E-state index is 4.18. The fourth-order valence-electron chi connectivity index (χ4n) is 1.54.